The van der Waals surface area contributed by atoms with Gasteiger partial charge in [-0.05, 0) is 88.6 Å². The highest BCUT2D eigenvalue weighted by Crippen LogP contribution is 2.30. The molecule has 0 bridgehead atoms. The first-order valence-electron chi connectivity index (χ1n) is 14.0. The van der Waals surface area contributed by atoms with Gasteiger partial charge in [0.25, 0.3) is 5.92 Å². The number of Topliss-reactive ketones (excluding diaryl/α,β-unsaturated/α-hetero) is 1. The van der Waals surface area contributed by atoms with Crippen molar-refractivity contribution in [3.63, 3.8) is 0 Å². The molecular formula is C35H59F3O3. The molecule has 41 heavy (non-hydrogen) atoms. The quantitative estimate of drug-likeness (QED) is 0.298. The minimum atomic E-state index is -2.73. The average Bonchev–Trinajstić information content (AvgIpc) is 2.89. The van der Waals surface area contributed by atoms with Crippen LogP contribution in [0.4, 0.5) is 13.5 Å². The van der Waals surface area contributed by atoms with E-state index in [2.05, 4.69) is 71.0 Å². The van der Waals surface area contributed by atoms with Crippen LogP contribution in [0.1, 0.15) is 99.0 Å². The van der Waals surface area contributed by atoms with Gasteiger partial charge in [0.1, 0.15) is 12.6 Å². The van der Waals surface area contributed by atoms with Gasteiger partial charge in [0, 0.05) is 35.7 Å². The van der Waals surface area contributed by atoms with Gasteiger partial charge < -0.3 is 9.90 Å². The maximum Gasteiger partial charge on any atom is 0.270 e. The maximum atomic E-state index is 12.9. The molecule has 0 aliphatic carbocycles. The Bertz CT molecular complexity index is 1080. The summed E-state index contributed by atoms with van der Waals surface area (Å²) in [5.74, 6) is -1.88. The molecule has 0 amide bonds. The van der Waals surface area contributed by atoms with Crippen LogP contribution in [0.15, 0.2) is 54.1 Å². The fourth-order valence-electron chi connectivity index (χ4n) is 3.95. The van der Waals surface area contributed by atoms with Gasteiger partial charge in [0.05, 0.1) is 0 Å². The lowest BCUT2D eigenvalue weighted by atomic mass is 9.83. The summed E-state index contributed by atoms with van der Waals surface area (Å²) in [6.07, 6.45) is 8.88. The van der Waals surface area contributed by atoms with Crippen molar-refractivity contribution in [3.8, 4) is 0 Å². The number of hydrogen-bond donors (Lipinski definition) is 1. The molecule has 0 heterocycles. The van der Waals surface area contributed by atoms with Crippen LogP contribution in [0.25, 0.3) is 6.08 Å². The van der Waals surface area contributed by atoms with Crippen molar-refractivity contribution < 1.29 is 32.5 Å². The second-order valence-electron chi connectivity index (χ2n) is 10.4. The summed E-state index contributed by atoms with van der Waals surface area (Å²) < 4.78 is 25.8. The number of carbonyl (C=O) groups is 2. The molecule has 0 unspecified atom stereocenters. The molecule has 1 N–H and O–H groups in total. The molecule has 0 saturated heterocycles. The number of aryl methyl sites for hydroxylation is 3. The lowest BCUT2D eigenvalue weighted by Gasteiger charge is -2.20. The van der Waals surface area contributed by atoms with Gasteiger partial charge >= 0.3 is 0 Å². The second-order valence-corrected chi connectivity index (χ2v) is 10.4. The Balaban J connectivity index is -0.000000147. The van der Waals surface area contributed by atoms with Crippen LogP contribution in [0, 0.1) is 32.6 Å². The van der Waals surface area contributed by atoms with E-state index >= 15 is 0 Å². The largest absolute Gasteiger partial charge is 0.397 e. The SMILES string of the molecule is C/C=C(/C)C[C@H](C(=O)Cc1ccc(C)c(/C=C\CC)c1)C(C)C.C=O.CCO.Cc1ccc(C)c(C(C)(F)F)c1.F.[HH].[HH].[HH]. The zero-order chi connectivity index (χ0) is 31.5. The lowest BCUT2D eigenvalue weighted by molar-refractivity contribution is -0.123. The average molecular weight is 585 g/mol. The first-order valence-corrected chi connectivity index (χ1v) is 14.0. The van der Waals surface area contributed by atoms with E-state index in [0.717, 1.165) is 30.9 Å². The third kappa shape index (κ3) is 17.4. The molecule has 2 aromatic carbocycles. The van der Waals surface area contributed by atoms with Crippen LogP contribution in [0.5, 0.6) is 0 Å². The normalized spacial score (nSPS) is 11.7. The zero-order valence-electron chi connectivity index (χ0n) is 26.8. The van der Waals surface area contributed by atoms with Crippen molar-refractivity contribution in [1.82, 2.24) is 0 Å². The van der Waals surface area contributed by atoms with Gasteiger partial charge in [-0.25, -0.2) is 8.78 Å². The highest BCUT2D eigenvalue weighted by Gasteiger charge is 2.26. The Kier molecular flexibility index (Phi) is 23.5. The number of aliphatic hydroxyl groups is 1. The van der Waals surface area contributed by atoms with E-state index in [-0.39, 0.29) is 27.1 Å². The van der Waals surface area contributed by atoms with Gasteiger partial charge in [-0.1, -0.05) is 80.5 Å². The Morgan fingerprint density at radius 3 is 2.02 bits per heavy atom. The minimum absolute atomic E-state index is 0. The standard InChI is InChI=1S/C22H32O.C10H12F2.C2H6O.CH2O.FH.3H2/c1-7-9-10-20-14-19(12-11-18(20)6)15-22(23)21(16(3)4)13-17(5)8-2;1-7-4-5-8(2)9(6-7)10(3,11)12;1-2-3;1-2;;;;/h8-12,14,16,21H,7,13,15H2,1-6H3;4-6H,1-3H3;3H,2H2,1H3;1H2;4*1H/b10-9-,17-8-;;;;;;;/t21-;;;;;;;/m0......./s1. The molecule has 0 aromatic heterocycles. The molecule has 6 heteroatoms. The summed E-state index contributed by atoms with van der Waals surface area (Å²) in [6.45, 7) is 21.1. The summed E-state index contributed by atoms with van der Waals surface area (Å²) in [7, 11) is 0. The smallest absolute Gasteiger partial charge is 0.270 e. The molecular weight excluding hydrogens is 525 g/mol. The number of aliphatic hydroxyl groups excluding tert-OH is 1. The van der Waals surface area contributed by atoms with Crippen LogP contribution in [-0.4, -0.2) is 24.3 Å². The van der Waals surface area contributed by atoms with Gasteiger partial charge in [-0.2, -0.15) is 0 Å². The van der Waals surface area contributed by atoms with E-state index in [1.54, 1.807) is 19.9 Å². The minimum Gasteiger partial charge on any atom is -0.397 e. The molecule has 0 fully saturated rings. The third-order valence-electron chi connectivity index (χ3n) is 6.37. The Morgan fingerprint density at radius 2 is 1.59 bits per heavy atom. The van der Waals surface area contributed by atoms with Crippen molar-refractivity contribution >= 4 is 18.6 Å². The molecule has 0 aliphatic heterocycles. The lowest BCUT2D eigenvalue weighted by Crippen LogP contribution is -2.22. The van der Waals surface area contributed by atoms with Gasteiger partial charge in [-0.15, -0.1) is 0 Å². The van der Waals surface area contributed by atoms with Gasteiger partial charge in [0.15, 0.2) is 0 Å². The molecule has 2 aromatic rings. The Hall–Kier alpha value is -2.99. The van der Waals surface area contributed by atoms with Crippen LogP contribution < -0.4 is 0 Å². The zero-order valence-corrected chi connectivity index (χ0v) is 26.8. The van der Waals surface area contributed by atoms with E-state index < -0.39 is 5.92 Å². The van der Waals surface area contributed by atoms with Crippen molar-refractivity contribution in [2.75, 3.05) is 6.61 Å². The van der Waals surface area contributed by atoms with Crippen molar-refractivity contribution in [2.45, 2.75) is 94.4 Å². The molecule has 0 spiro atoms. The first-order chi connectivity index (χ1) is 18.7. The third-order valence-corrected chi connectivity index (χ3v) is 6.37. The highest BCUT2D eigenvalue weighted by atomic mass is 19.3. The number of hydrogen-bond acceptors (Lipinski definition) is 3. The molecule has 238 valence electrons. The molecule has 0 aliphatic rings. The maximum absolute atomic E-state index is 12.9. The summed E-state index contributed by atoms with van der Waals surface area (Å²) in [5, 5.41) is 7.57. The molecule has 3 nitrogen and oxygen atoms in total. The number of ketones is 1. The van der Waals surface area contributed by atoms with Crippen LogP contribution in [0.3, 0.4) is 0 Å². The van der Waals surface area contributed by atoms with E-state index in [0.29, 0.717) is 23.7 Å². The van der Waals surface area contributed by atoms with E-state index in [1.165, 1.54) is 22.8 Å². The van der Waals surface area contributed by atoms with Crippen molar-refractivity contribution in [2.24, 2.45) is 11.8 Å². The Labute approximate surface area is 251 Å². The van der Waals surface area contributed by atoms with Gasteiger partial charge in [0.2, 0.25) is 0 Å². The number of carbonyl (C=O) groups excluding carboxylic acids is 2. The topological polar surface area (TPSA) is 54.4 Å². The predicted octanol–water partition coefficient (Wildman–Crippen LogP) is 10.3. The van der Waals surface area contributed by atoms with Crippen LogP contribution >= 0.6 is 0 Å². The van der Waals surface area contributed by atoms with Crippen LogP contribution in [0.2, 0.25) is 0 Å². The van der Waals surface area contributed by atoms with Crippen LogP contribution in [-0.2, 0) is 21.9 Å². The number of benzene rings is 2. The predicted molar refractivity (Wildman–Crippen MR) is 176 cm³/mol. The van der Waals surface area contributed by atoms with E-state index in [1.807, 2.05) is 26.7 Å². The Morgan fingerprint density at radius 1 is 1.05 bits per heavy atom. The molecule has 1 atom stereocenters. The summed E-state index contributed by atoms with van der Waals surface area (Å²) in [6, 6.07) is 11.5. The highest BCUT2D eigenvalue weighted by molar-refractivity contribution is 5.84. The van der Waals surface area contributed by atoms with Crippen molar-refractivity contribution in [3.05, 3.63) is 87.5 Å². The number of allylic oxidation sites excluding steroid dienone is 3. The summed E-state index contributed by atoms with van der Waals surface area (Å²) in [4.78, 5) is 20.8. The summed E-state index contributed by atoms with van der Waals surface area (Å²) >= 11 is 0. The molecule has 2 rings (SSSR count). The summed E-state index contributed by atoms with van der Waals surface area (Å²) in [5.41, 5.74) is 6.55. The monoisotopic (exact) mass is 584 g/mol. The number of halogens is 3. The molecule has 0 radical (unpaired) electrons. The second kappa shape index (κ2) is 22.7. The van der Waals surface area contributed by atoms with E-state index in [4.69, 9.17) is 9.90 Å². The number of alkyl halides is 2. The fraction of sp³-hybridized carbons (Fsp3) is 0.486. The van der Waals surface area contributed by atoms with Crippen molar-refractivity contribution in [1.29, 1.82) is 0 Å². The fourth-order valence-corrected chi connectivity index (χ4v) is 3.95. The molecule has 0 saturated carbocycles. The number of rotatable bonds is 9. The first kappa shape index (κ1) is 42.5. The van der Waals surface area contributed by atoms with E-state index in [9.17, 15) is 13.6 Å². The van der Waals surface area contributed by atoms with Gasteiger partial charge in [-0.3, -0.25) is 9.50 Å².